The van der Waals surface area contributed by atoms with Gasteiger partial charge in [0.2, 0.25) is 5.43 Å². The molecule has 0 saturated heterocycles. The Labute approximate surface area is 144 Å². The van der Waals surface area contributed by atoms with Crippen LogP contribution in [0.25, 0.3) is 11.0 Å². The van der Waals surface area contributed by atoms with E-state index in [1.807, 2.05) is 26.0 Å². The van der Waals surface area contributed by atoms with E-state index in [0.29, 0.717) is 22.6 Å². The van der Waals surface area contributed by atoms with Crippen LogP contribution in [0.3, 0.4) is 0 Å². The van der Waals surface area contributed by atoms with Gasteiger partial charge >= 0.3 is 5.63 Å². The highest BCUT2D eigenvalue weighted by Gasteiger charge is 2.14. The Hall–Kier alpha value is -3.02. The summed E-state index contributed by atoms with van der Waals surface area (Å²) in [6, 6.07) is 5.14. The molecule has 1 N–H and O–H groups in total. The lowest BCUT2D eigenvalue weighted by Gasteiger charge is -2.13. The van der Waals surface area contributed by atoms with Crippen molar-refractivity contribution in [3.63, 3.8) is 0 Å². The Kier molecular flexibility index (Phi) is 4.35. The SMILES string of the molecule is COc1c[nH]c(COc2cc(C)cc3oc(=O)c(C)c(C)c23)cc1=O. The van der Waals surface area contributed by atoms with Crippen LogP contribution in [0.15, 0.2) is 38.4 Å². The first-order chi connectivity index (χ1) is 11.9. The highest BCUT2D eigenvalue weighted by Crippen LogP contribution is 2.31. The Morgan fingerprint density at radius 3 is 2.48 bits per heavy atom. The molecule has 0 aliphatic heterocycles. The Morgan fingerprint density at radius 2 is 1.80 bits per heavy atom. The number of ether oxygens (including phenoxy) is 2. The van der Waals surface area contributed by atoms with Crippen molar-refractivity contribution in [2.24, 2.45) is 0 Å². The molecule has 25 heavy (non-hydrogen) atoms. The molecule has 0 fully saturated rings. The van der Waals surface area contributed by atoms with Crippen LogP contribution >= 0.6 is 0 Å². The van der Waals surface area contributed by atoms with Crippen molar-refractivity contribution < 1.29 is 13.9 Å². The Bertz CT molecular complexity index is 1060. The number of methoxy groups -OCH3 is 1. The molecule has 0 unspecified atom stereocenters. The largest absolute Gasteiger partial charge is 0.491 e. The summed E-state index contributed by atoms with van der Waals surface area (Å²) in [4.78, 5) is 26.7. The van der Waals surface area contributed by atoms with Gasteiger partial charge in [0.1, 0.15) is 17.9 Å². The fourth-order valence-corrected chi connectivity index (χ4v) is 2.70. The van der Waals surface area contributed by atoms with Crippen LogP contribution in [0.1, 0.15) is 22.4 Å². The standard InChI is InChI=1S/C19H19NO5/c1-10-5-15(18-11(2)12(3)19(22)25-16(18)6-10)24-9-13-7-14(21)17(23-4)8-20-13/h5-8H,9H2,1-4H3,(H,20,21). The van der Waals surface area contributed by atoms with E-state index in [4.69, 9.17) is 13.9 Å². The molecule has 0 saturated carbocycles. The molecule has 3 rings (SSSR count). The predicted octanol–water partition coefficient (Wildman–Crippen LogP) is 2.99. The fourth-order valence-electron chi connectivity index (χ4n) is 2.70. The maximum atomic E-state index is 11.9. The quantitative estimate of drug-likeness (QED) is 0.738. The maximum absolute atomic E-state index is 11.9. The van der Waals surface area contributed by atoms with Gasteiger partial charge in [-0.1, -0.05) is 0 Å². The molecule has 6 heteroatoms. The highest BCUT2D eigenvalue weighted by molar-refractivity contribution is 5.88. The molecular formula is C19H19NO5. The van der Waals surface area contributed by atoms with Gasteiger partial charge < -0.3 is 18.9 Å². The smallest absolute Gasteiger partial charge is 0.339 e. The zero-order valence-electron chi connectivity index (χ0n) is 14.6. The van der Waals surface area contributed by atoms with Gasteiger partial charge in [0.05, 0.1) is 18.2 Å². The van der Waals surface area contributed by atoms with Crippen LogP contribution in [0.2, 0.25) is 0 Å². The van der Waals surface area contributed by atoms with E-state index in [1.54, 1.807) is 6.92 Å². The summed E-state index contributed by atoms with van der Waals surface area (Å²) in [5.41, 5.74) is 2.84. The van der Waals surface area contributed by atoms with E-state index < -0.39 is 0 Å². The van der Waals surface area contributed by atoms with Crippen molar-refractivity contribution in [1.29, 1.82) is 0 Å². The van der Waals surface area contributed by atoms with E-state index in [2.05, 4.69) is 4.98 Å². The van der Waals surface area contributed by atoms with Crippen LogP contribution in [0.5, 0.6) is 11.5 Å². The Morgan fingerprint density at radius 1 is 1.04 bits per heavy atom. The highest BCUT2D eigenvalue weighted by atomic mass is 16.5. The molecule has 0 amide bonds. The normalized spacial score (nSPS) is 10.9. The summed E-state index contributed by atoms with van der Waals surface area (Å²) in [6.45, 7) is 5.67. The van der Waals surface area contributed by atoms with Crippen molar-refractivity contribution in [2.75, 3.05) is 7.11 Å². The number of nitrogens with one attached hydrogen (secondary N) is 1. The summed E-state index contributed by atoms with van der Waals surface area (Å²) in [6.07, 6.45) is 1.50. The third kappa shape index (κ3) is 3.15. The van der Waals surface area contributed by atoms with E-state index in [0.717, 1.165) is 16.5 Å². The van der Waals surface area contributed by atoms with Gasteiger partial charge in [-0.2, -0.15) is 0 Å². The zero-order valence-corrected chi connectivity index (χ0v) is 14.6. The number of pyridine rings is 1. The second-order valence-electron chi connectivity index (χ2n) is 5.96. The van der Waals surface area contributed by atoms with Crippen LogP contribution in [0.4, 0.5) is 0 Å². The number of aryl methyl sites for hydroxylation is 2. The molecule has 1 aromatic carbocycles. The minimum Gasteiger partial charge on any atom is -0.491 e. The average Bonchev–Trinajstić information content (AvgIpc) is 2.57. The molecule has 0 spiro atoms. The average molecular weight is 341 g/mol. The molecule has 2 heterocycles. The van der Waals surface area contributed by atoms with Crippen molar-refractivity contribution >= 4 is 11.0 Å². The second kappa shape index (κ2) is 6.47. The summed E-state index contributed by atoms with van der Waals surface area (Å²) in [5, 5.41) is 0.763. The van der Waals surface area contributed by atoms with E-state index >= 15 is 0 Å². The topological polar surface area (TPSA) is 81.5 Å². The van der Waals surface area contributed by atoms with Crippen LogP contribution in [-0.4, -0.2) is 12.1 Å². The third-order valence-electron chi connectivity index (χ3n) is 4.20. The van der Waals surface area contributed by atoms with Gasteiger partial charge in [0.25, 0.3) is 0 Å². The van der Waals surface area contributed by atoms with Gasteiger partial charge in [0, 0.05) is 17.8 Å². The number of H-pyrrole nitrogens is 1. The predicted molar refractivity (Wildman–Crippen MR) is 94.6 cm³/mol. The van der Waals surface area contributed by atoms with Gasteiger partial charge in [0.15, 0.2) is 5.75 Å². The number of hydrogen-bond donors (Lipinski definition) is 1. The molecule has 3 aromatic rings. The molecule has 2 aromatic heterocycles. The number of aromatic amines is 1. The lowest BCUT2D eigenvalue weighted by atomic mass is 10.0. The minimum absolute atomic E-state index is 0.176. The van der Waals surface area contributed by atoms with Gasteiger partial charge in [-0.05, 0) is 44.0 Å². The number of fused-ring (bicyclic) bond motifs is 1. The lowest BCUT2D eigenvalue weighted by molar-refractivity contribution is 0.303. The van der Waals surface area contributed by atoms with Crippen molar-refractivity contribution in [3.05, 3.63) is 67.4 Å². The van der Waals surface area contributed by atoms with Crippen LogP contribution in [-0.2, 0) is 6.61 Å². The number of aromatic nitrogens is 1. The molecule has 0 bridgehead atoms. The lowest BCUT2D eigenvalue weighted by Crippen LogP contribution is -2.10. The first kappa shape index (κ1) is 16.8. The van der Waals surface area contributed by atoms with Crippen molar-refractivity contribution in [2.45, 2.75) is 27.4 Å². The summed E-state index contributed by atoms with van der Waals surface area (Å²) in [5.74, 6) is 0.856. The molecule has 0 aliphatic rings. The van der Waals surface area contributed by atoms with Crippen LogP contribution < -0.4 is 20.5 Å². The molecule has 0 aliphatic carbocycles. The maximum Gasteiger partial charge on any atom is 0.339 e. The number of hydrogen-bond acceptors (Lipinski definition) is 5. The minimum atomic E-state index is -0.346. The number of rotatable bonds is 4. The first-order valence-electron chi connectivity index (χ1n) is 7.83. The molecule has 0 radical (unpaired) electrons. The zero-order chi connectivity index (χ0) is 18.1. The first-order valence-corrected chi connectivity index (χ1v) is 7.83. The van der Waals surface area contributed by atoms with Gasteiger partial charge in [-0.25, -0.2) is 4.79 Å². The van der Waals surface area contributed by atoms with E-state index in [9.17, 15) is 9.59 Å². The van der Waals surface area contributed by atoms with Crippen molar-refractivity contribution in [3.8, 4) is 11.5 Å². The fraction of sp³-hybridized carbons (Fsp3) is 0.263. The van der Waals surface area contributed by atoms with E-state index in [1.165, 1.54) is 19.4 Å². The molecule has 6 nitrogen and oxygen atoms in total. The summed E-state index contributed by atoms with van der Waals surface area (Å²) >= 11 is 0. The van der Waals surface area contributed by atoms with E-state index in [-0.39, 0.29) is 23.4 Å². The van der Waals surface area contributed by atoms with Crippen LogP contribution in [0, 0.1) is 20.8 Å². The summed E-state index contributed by atoms with van der Waals surface area (Å²) in [7, 11) is 1.44. The van der Waals surface area contributed by atoms with Gasteiger partial charge in [-0.15, -0.1) is 0 Å². The van der Waals surface area contributed by atoms with Crippen molar-refractivity contribution in [1.82, 2.24) is 4.98 Å². The molecule has 130 valence electrons. The molecule has 0 atom stereocenters. The number of benzene rings is 1. The second-order valence-corrected chi connectivity index (χ2v) is 5.96. The molecular weight excluding hydrogens is 322 g/mol. The van der Waals surface area contributed by atoms with Gasteiger partial charge in [-0.3, -0.25) is 4.79 Å². The summed E-state index contributed by atoms with van der Waals surface area (Å²) < 4.78 is 16.3. The Balaban J connectivity index is 2.01. The third-order valence-corrected chi connectivity index (χ3v) is 4.20. The monoisotopic (exact) mass is 341 g/mol.